The number of anilines is 1. The number of amidine groups is 1. The smallest absolute Gasteiger partial charge is 0.416 e. The quantitative estimate of drug-likeness (QED) is 0.138. The highest BCUT2D eigenvalue weighted by Crippen LogP contribution is 2.51. The summed E-state index contributed by atoms with van der Waals surface area (Å²) in [6, 6.07) is 12.1. The van der Waals surface area contributed by atoms with Crippen molar-refractivity contribution in [3.05, 3.63) is 77.1 Å². The molecule has 3 aromatic rings. The molecule has 7 nitrogen and oxygen atoms in total. The van der Waals surface area contributed by atoms with Crippen LogP contribution in [-0.2, 0) is 16.4 Å². The zero-order chi connectivity index (χ0) is 27.0. The predicted octanol–water partition coefficient (Wildman–Crippen LogP) is 4.78. The van der Waals surface area contributed by atoms with Gasteiger partial charge in [0.2, 0.25) is 5.91 Å². The number of carbonyl (C=O) groups is 1. The van der Waals surface area contributed by atoms with E-state index in [2.05, 4.69) is 10.4 Å². The Bertz CT molecular complexity index is 1380. The van der Waals surface area contributed by atoms with Crippen LogP contribution in [0, 0.1) is 5.82 Å². The van der Waals surface area contributed by atoms with Gasteiger partial charge in [-0.1, -0.05) is 12.1 Å². The molecular formula is C26H24F4N4O3. The number of hydrogen-bond acceptors (Lipinski definition) is 5. The van der Waals surface area contributed by atoms with Gasteiger partial charge in [-0.3, -0.25) is 4.79 Å². The van der Waals surface area contributed by atoms with Crippen molar-refractivity contribution in [1.29, 1.82) is 0 Å². The van der Waals surface area contributed by atoms with Gasteiger partial charge in [0.05, 0.1) is 25.2 Å². The molecule has 0 atom stereocenters. The summed E-state index contributed by atoms with van der Waals surface area (Å²) in [6.07, 6.45) is -4.25. The number of methoxy groups -OCH3 is 2. The number of amides is 1. The van der Waals surface area contributed by atoms with E-state index in [1.807, 2.05) is 0 Å². The predicted molar refractivity (Wildman–Crippen MR) is 131 cm³/mol. The standard InChI is InChI=1S/C26H24F4N4O3/c1-36-21-8-3-14(11-22(21)37-2)17-6-5-16(13-18(17)23(31)34-32)33-24(35)25(9-10-25)19-12-15(26(28,29)30)4-7-20(19)27/h3-8,11-13H,9-10,32H2,1-2H3,(H2,31,34)(H,33,35). The lowest BCUT2D eigenvalue weighted by Gasteiger charge is -2.19. The van der Waals surface area contributed by atoms with Crippen LogP contribution in [0.3, 0.4) is 0 Å². The maximum atomic E-state index is 14.6. The number of nitrogens with two attached hydrogens (primary N) is 2. The summed E-state index contributed by atoms with van der Waals surface area (Å²) < 4.78 is 64.8. The molecule has 1 saturated carbocycles. The van der Waals surface area contributed by atoms with E-state index in [-0.39, 0.29) is 29.9 Å². The van der Waals surface area contributed by atoms with E-state index in [0.29, 0.717) is 40.3 Å². The minimum atomic E-state index is -4.66. The Labute approximate surface area is 210 Å². The lowest BCUT2D eigenvalue weighted by molar-refractivity contribution is -0.137. The van der Waals surface area contributed by atoms with Gasteiger partial charge in [0, 0.05) is 16.8 Å². The average Bonchev–Trinajstić information content (AvgIpc) is 3.69. The monoisotopic (exact) mass is 516 g/mol. The molecule has 1 aliphatic carbocycles. The number of hydrazone groups is 1. The Balaban J connectivity index is 1.68. The van der Waals surface area contributed by atoms with Gasteiger partial charge in [-0.05, 0) is 66.4 Å². The van der Waals surface area contributed by atoms with Crippen LogP contribution in [-0.4, -0.2) is 26.0 Å². The van der Waals surface area contributed by atoms with Crippen molar-refractivity contribution in [2.45, 2.75) is 24.4 Å². The van der Waals surface area contributed by atoms with E-state index in [1.54, 1.807) is 30.3 Å². The summed E-state index contributed by atoms with van der Waals surface area (Å²) >= 11 is 0. The van der Waals surface area contributed by atoms with Crippen LogP contribution in [0.2, 0.25) is 0 Å². The molecule has 0 heterocycles. The van der Waals surface area contributed by atoms with Crippen molar-refractivity contribution in [3.63, 3.8) is 0 Å². The molecule has 194 valence electrons. The van der Waals surface area contributed by atoms with Crippen LogP contribution in [0.1, 0.15) is 29.5 Å². The molecule has 0 radical (unpaired) electrons. The zero-order valence-electron chi connectivity index (χ0n) is 19.9. The molecule has 1 aliphatic rings. The van der Waals surface area contributed by atoms with Gasteiger partial charge < -0.3 is 26.4 Å². The Morgan fingerprint density at radius 2 is 1.70 bits per heavy atom. The SMILES string of the molecule is COc1ccc(-c2ccc(NC(=O)C3(c4cc(C(F)(F)F)ccc4F)CC3)cc2/C(N)=N/N)cc1OC. The first-order valence-electron chi connectivity index (χ1n) is 11.1. The van der Waals surface area contributed by atoms with Gasteiger partial charge in [-0.2, -0.15) is 18.3 Å². The van der Waals surface area contributed by atoms with Crippen molar-refractivity contribution in [3.8, 4) is 22.6 Å². The average molecular weight is 516 g/mol. The van der Waals surface area contributed by atoms with Crippen molar-refractivity contribution in [1.82, 2.24) is 0 Å². The molecule has 0 unspecified atom stereocenters. The fourth-order valence-electron chi connectivity index (χ4n) is 4.22. The summed E-state index contributed by atoms with van der Waals surface area (Å²) in [6.45, 7) is 0. The number of rotatable bonds is 7. The summed E-state index contributed by atoms with van der Waals surface area (Å²) in [5, 5.41) is 6.25. The molecule has 37 heavy (non-hydrogen) atoms. The van der Waals surface area contributed by atoms with Crippen molar-refractivity contribution in [2.75, 3.05) is 19.5 Å². The highest BCUT2D eigenvalue weighted by Gasteiger charge is 2.53. The molecular weight excluding hydrogens is 492 g/mol. The van der Waals surface area contributed by atoms with Crippen LogP contribution >= 0.6 is 0 Å². The maximum Gasteiger partial charge on any atom is 0.416 e. The third-order valence-electron chi connectivity index (χ3n) is 6.38. The molecule has 0 aromatic heterocycles. The summed E-state index contributed by atoms with van der Waals surface area (Å²) in [7, 11) is 3.01. The topological polar surface area (TPSA) is 112 Å². The van der Waals surface area contributed by atoms with Crippen LogP contribution < -0.4 is 26.4 Å². The summed E-state index contributed by atoms with van der Waals surface area (Å²) in [5.74, 6) is 4.90. The van der Waals surface area contributed by atoms with Crippen molar-refractivity contribution >= 4 is 17.4 Å². The number of halogens is 4. The van der Waals surface area contributed by atoms with Crippen molar-refractivity contribution in [2.24, 2.45) is 16.7 Å². The zero-order valence-corrected chi connectivity index (χ0v) is 19.9. The molecule has 0 saturated heterocycles. The lowest BCUT2D eigenvalue weighted by atomic mass is 9.92. The van der Waals surface area contributed by atoms with Gasteiger partial charge in [0.15, 0.2) is 17.3 Å². The minimum absolute atomic E-state index is 0.0223. The number of nitrogens with zero attached hydrogens (tertiary/aromatic N) is 1. The van der Waals surface area contributed by atoms with Gasteiger partial charge in [-0.25, -0.2) is 4.39 Å². The summed E-state index contributed by atoms with van der Waals surface area (Å²) in [4.78, 5) is 13.2. The highest BCUT2D eigenvalue weighted by molar-refractivity contribution is 6.06. The van der Waals surface area contributed by atoms with E-state index in [1.165, 1.54) is 20.3 Å². The summed E-state index contributed by atoms with van der Waals surface area (Å²) in [5.41, 5.74) is 5.31. The number of carbonyl (C=O) groups excluding carboxylic acids is 1. The Kier molecular flexibility index (Phi) is 6.72. The van der Waals surface area contributed by atoms with Gasteiger partial charge in [0.25, 0.3) is 0 Å². The largest absolute Gasteiger partial charge is 0.493 e. The van der Waals surface area contributed by atoms with Crippen LogP contribution in [0.5, 0.6) is 11.5 Å². The molecule has 3 aromatic carbocycles. The Morgan fingerprint density at radius 1 is 1.00 bits per heavy atom. The Hall–Kier alpha value is -4.28. The van der Waals surface area contributed by atoms with Crippen LogP contribution in [0.15, 0.2) is 59.7 Å². The van der Waals surface area contributed by atoms with E-state index < -0.39 is 28.9 Å². The van der Waals surface area contributed by atoms with E-state index >= 15 is 0 Å². The fourth-order valence-corrected chi connectivity index (χ4v) is 4.22. The second kappa shape index (κ2) is 9.64. The van der Waals surface area contributed by atoms with Crippen molar-refractivity contribution < 1.29 is 31.8 Å². The molecule has 4 rings (SSSR count). The number of nitrogens with one attached hydrogen (secondary N) is 1. The van der Waals surface area contributed by atoms with Crippen LogP contribution in [0.4, 0.5) is 23.2 Å². The second-order valence-electron chi connectivity index (χ2n) is 8.57. The highest BCUT2D eigenvalue weighted by atomic mass is 19.4. The van der Waals surface area contributed by atoms with Gasteiger partial charge in [0.1, 0.15) is 5.82 Å². The third kappa shape index (κ3) is 4.89. The molecule has 0 aliphatic heterocycles. The maximum absolute atomic E-state index is 14.6. The number of alkyl halides is 3. The third-order valence-corrected chi connectivity index (χ3v) is 6.38. The first-order chi connectivity index (χ1) is 17.5. The molecule has 1 amide bonds. The lowest BCUT2D eigenvalue weighted by Crippen LogP contribution is -2.29. The second-order valence-corrected chi connectivity index (χ2v) is 8.57. The molecule has 5 N–H and O–H groups in total. The Morgan fingerprint density at radius 3 is 2.30 bits per heavy atom. The normalized spacial score (nSPS) is 14.7. The molecule has 11 heteroatoms. The molecule has 0 bridgehead atoms. The van der Waals surface area contributed by atoms with Gasteiger partial charge >= 0.3 is 6.18 Å². The first-order valence-corrected chi connectivity index (χ1v) is 11.1. The number of benzene rings is 3. The van der Waals surface area contributed by atoms with Crippen LogP contribution in [0.25, 0.3) is 11.1 Å². The van der Waals surface area contributed by atoms with E-state index in [4.69, 9.17) is 21.1 Å². The molecule has 0 spiro atoms. The minimum Gasteiger partial charge on any atom is -0.493 e. The molecule has 1 fully saturated rings. The van der Waals surface area contributed by atoms with E-state index in [0.717, 1.165) is 6.07 Å². The number of ether oxygens (including phenoxy) is 2. The van der Waals surface area contributed by atoms with E-state index in [9.17, 15) is 22.4 Å². The van der Waals surface area contributed by atoms with Gasteiger partial charge in [-0.15, -0.1) is 0 Å². The fraction of sp³-hybridized carbons (Fsp3) is 0.231. The number of hydrogen-bond donors (Lipinski definition) is 3. The first kappa shape index (κ1) is 25.8.